The predicted octanol–water partition coefficient (Wildman–Crippen LogP) is 2.28. The van der Waals surface area contributed by atoms with Crippen LogP contribution < -0.4 is 5.32 Å². The second-order valence-corrected chi connectivity index (χ2v) is 8.07. The van der Waals surface area contributed by atoms with Crippen molar-refractivity contribution < 1.29 is 9.59 Å². The first-order valence-electron chi connectivity index (χ1n) is 9.37. The van der Waals surface area contributed by atoms with Crippen LogP contribution in [0.25, 0.3) is 0 Å². The van der Waals surface area contributed by atoms with Gasteiger partial charge in [0.1, 0.15) is 11.1 Å². The number of carbonyl (C=O) groups is 2. The molecule has 5 fully saturated rings. The number of carbonyl (C=O) groups excluding carboxylic acids is 2. The summed E-state index contributed by atoms with van der Waals surface area (Å²) >= 11 is 0. The number of piperidine rings is 2. The van der Waals surface area contributed by atoms with Crippen LogP contribution in [0, 0.1) is 11.8 Å². The van der Waals surface area contributed by atoms with Gasteiger partial charge in [-0.1, -0.05) is 43.2 Å². The number of benzene rings is 1. The Labute approximate surface area is 142 Å². The summed E-state index contributed by atoms with van der Waals surface area (Å²) < 4.78 is 0. The van der Waals surface area contributed by atoms with Crippen LogP contribution in [0.3, 0.4) is 0 Å². The maximum Gasteiger partial charge on any atom is 0.249 e. The van der Waals surface area contributed by atoms with Crippen molar-refractivity contribution in [3.63, 3.8) is 0 Å². The van der Waals surface area contributed by atoms with Crippen molar-refractivity contribution in [3.05, 3.63) is 35.9 Å². The number of fused-ring (bicyclic) bond motifs is 1. The van der Waals surface area contributed by atoms with E-state index in [0.717, 1.165) is 37.8 Å². The van der Waals surface area contributed by atoms with Gasteiger partial charge in [-0.25, -0.2) is 0 Å². The number of piperazine rings is 1. The van der Waals surface area contributed by atoms with Crippen LogP contribution in [0.1, 0.15) is 44.1 Å². The van der Waals surface area contributed by atoms with Crippen molar-refractivity contribution in [2.75, 3.05) is 6.54 Å². The highest BCUT2D eigenvalue weighted by molar-refractivity contribution is 6.05. The molecule has 4 saturated heterocycles. The Morgan fingerprint density at radius 3 is 2.58 bits per heavy atom. The molecule has 4 aliphatic heterocycles. The maximum absolute atomic E-state index is 13.5. The Morgan fingerprint density at radius 2 is 1.79 bits per heavy atom. The highest BCUT2D eigenvalue weighted by Crippen LogP contribution is 2.57. The topological polar surface area (TPSA) is 49.4 Å². The molecule has 2 amide bonds. The molecule has 4 heteroatoms. The number of amides is 2. The van der Waals surface area contributed by atoms with E-state index in [4.69, 9.17) is 0 Å². The third-order valence-corrected chi connectivity index (χ3v) is 7.12. The molecule has 24 heavy (non-hydrogen) atoms. The molecule has 4 atom stereocenters. The van der Waals surface area contributed by atoms with Gasteiger partial charge in [0.05, 0.1) is 0 Å². The molecule has 1 aromatic carbocycles. The smallest absolute Gasteiger partial charge is 0.249 e. The van der Waals surface area contributed by atoms with Gasteiger partial charge in [0, 0.05) is 13.0 Å². The first kappa shape index (κ1) is 14.5. The molecule has 0 aromatic heterocycles. The minimum absolute atomic E-state index is 0.124. The first-order valence-corrected chi connectivity index (χ1v) is 9.37. The monoisotopic (exact) mass is 324 g/mol. The van der Waals surface area contributed by atoms with Gasteiger partial charge in [-0.2, -0.15) is 0 Å². The predicted molar refractivity (Wildman–Crippen MR) is 90.1 cm³/mol. The third-order valence-electron chi connectivity index (χ3n) is 7.12. The van der Waals surface area contributed by atoms with Crippen LogP contribution in [0.2, 0.25) is 0 Å². The van der Waals surface area contributed by atoms with Crippen molar-refractivity contribution >= 4 is 11.8 Å². The Balaban J connectivity index is 1.65. The van der Waals surface area contributed by atoms with Crippen LogP contribution in [-0.4, -0.2) is 34.3 Å². The van der Waals surface area contributed by atoms with Crippen LogP contribution in [0.5, 0.6) is 0 Å². The summed E-state index contributed by atoms with van der Waals surface area (Å²) in [6, 6.07) is 10.2. The lowest BCUT2D eigenvalue weighted by Gasteiger charge is -2.64. The molecule has 126 valence electrons. The number of rotatable bonds is 2. The van der Waals surface area contributed by atoms with Crippen molar-refractivity contribution in [1.29, 1.82) is 0 Å². The molecule has 0 radical (unpaired) electrons. The fourth-order valence-electron chi connectivity index (χ4n) is 6.23. The van der Waals surface area contributed by atoms with Crippen LogP contribution >= 0.6 is 0 Å². The summed E-state index contributed by atoms with van der Waals surface area (Å²) in [5, 5.41) is 3.26. The van der Waals surface area contributed by atoms with E-state index in [9.17, 15) is 9.59 Å². The second kappa shape index (κ2) is 4.84. The Hall–Kier alpha value is -1.84. The molecule has 5 aliphatic rings. The molecule has 1 saturated carbocycles. The van der Waals surface area contributed by atoms with Gasteiger partial charge in [-0.3, -0.25) is 9.59 Å². The molecule has 1 N–H and O–H groups in total. The zero-order valence-corrected chi connectivity index (χ0v) is 14.0. The molecule has 1 aliphatic carbocycles. The average molecular weight is 324 g/mol. The van der Waals surface area contributed by atoms with E-state index >= 15 is 0 Å². The van der Waals surface area contributed by atoms with Gasteiger partial charge in [0.2, 0.25) is 11.8 Å². The number of nitrogens with zero attached hydrogens (tertiary/aromatic N) is 1. The average Bonchev–Trinajstić information content (AvgIpc) is 3.06. The van der Waals surface area contributed by atoms with E-state index in [-0.39, 0.29) is 11.8 Å². The first-order chi connectivity index (χ1) is 11.7. The van der Waals surface area contributed by atoms with Crippen LogP contribution in [-0.2, 0) is 16.0 Å². The molecule has 6 rings (SSSR count). The minimum atomic E-state index is -0.713. The van der Waals surface area contributed by atoms with Crippen molar-refractivity contribution in [2.24, 2.45) is 11.8 Å². The summed E-state index contributed by atoms with van der Waals surface area (Å²) in [5.74, 6) is 0.959. The van der Waals surface area contributed by atoms with Crippen LogP contribution in [0.4, 0.5) is 0 Å². The van der Waals surface area contributed by atoms with E-state index in [0.29, 0.717) is 18.3 Å². The van der Waals surface area contributed by atoms with Gasteiger partial charge < -0.3 is 10.2 Å². The molecule has 2 bridgehead atoms. The summed E-state index contributed by atoms with van der Waals surface area (Å²) in [6.45, 7) is 0.756. The maximum atomic E-state index is 13.5. The minimum Gasteiger partial charge on any atom is -0.339 e. The lowest BCUT2D eigenvalue weighted by Crippen LogP contribution is -2.85. The van der Waals surface area contributed by atoms with Crippen molar-refractivity contribution in [1.82, 2.24) is 10.2 Å². The SMILES string of the molecule is O=C1N2CCCC23C(=O)NC1(Cc1ccccc1)C1CCCCC13. The van der Waals surface area contributed by atoms with E-state index < -0.39 is 11.1 Å². The highest BCUT2D eigenvalue weighted by atomic mass is 16.2. The van der Waals surface area contributed by atoms with Gasteiger partial charge in [-0.15, -0.1) is 0 Å². The van der Waals surface area contributed by atoms with Gasteiger partial charge in [-0.05, 0) is 43.1 Å². The molecule has 4 unspecified atom stereocenters. The fraction of sp³-hybridized carbons (Fsp3) is 0.600. The van der Waals surface area contributed by atoms with E-state index in [2.05, 4.69) is 17.4 Å². The third kappa shape index (κ3) is 1.59. The molecule has 1 spiro atoms. The van der Waals surface area contributed by atoms with Gasteiger partial charge in [0.15, 0.2) is 0 Å². The molecular weight excluding hydrogens is 300 g/mol. The standard InChI is InChI=1S/C20H24N2O2/c23-17-20-11-6-12-22(20)18(24)19(21-17,13-14-7-2-1-3-8-14)15-9-4-5-10-16(15)20/h1-3,7-8,15-16H,4-6,9-13H2,(H,21,23). The van der Waals surface area contributed by atoms with Crippen molar-refractivity contribution in [3.8, 4) is 0 Å². The lowest BCUT2D eigenvalue weighted by molar-refractivity contribution is -0.188. The van der Waals surface area contributed by atoms with Gasteiger partial charge in [0.25, 0.3) is 0 Å². The summed E-state index contributed by atoms with van der Waals surface area (Å²) in [6.07, 6.45) is 6.98. The number of hydrogen-bond acceptors (Lipinski definition) is 2. The lowest BCUT2D eigenvalue weighted by atomic mass is 9.53. The van der Waals surface area contributed by atoms with Crippen molar-refractivity contribution in [2.45, 2.75) is 56.0 Å². The number of hydrogen-bond donors (Lipinski definition) is 1. The normalized spacial score (nSPS) is 40.2. The van der Waals surface area contributed by atoms with E-state index in [1.54, 1.807) is 0 Å². The highest BCUT2D eigenvalue weighted by Gasteiger charge is 2.72. The quantitative estimate of drug-likeness (QED) is 0.907. The Bertz CT molecular complexity index is 703. The molecule has 4 nitrogen and oxygen atoms in total. The Kier molecular flexibility index (Phi) is 2.92. The van der Waals surface area contributed by atoms with Gasteiger partial charge >= 0.3 is 0 Å². The van der Waals surface area contributed by atoms with Crippen LogP contribution in [0.15, 0.2) is 30.3 Å². The molecular formula is C20H24N2O2. The summed E-state index contributed by atoms with van der Waals surface area (Å²) in [7, 11) is 0. The summed E-state index contributed by atoms with van der Waals surface area (Å²) in [4.78, 5) is 28.6. The second-order valence-electron chi connectivity index (χ2n) is 8.07. The molecule has 4 heterocycles. The largest absolute Gasteiger partial charge is 0.339 e. The van der Waals surface area contributed by atoms with E-state index in [1.165, 1.54) is 12.8 Å². The number of nitrogens with one attached hydrogen (secondary N) is 1. The Morgan fingerprint density at radius 1 is 1.04 bits per heavy atom. The summed E-state index contributed by atoms with van der Waals surface area (Å²) in [5.41, 5.74) is -0.0972. The van der Waals surface area contributed by atoms with E-state index in [1.807, 2.05) is 23.1 Å². The zero-order chi connectivity index (χ0) is 16.4. The zero-order valence-electron chi connectivity index (χ0n) is 14.0. The fourth-order valence-corrected chi connectivity index (χ4v) is 6.23. The molecule has 1 aromatic rings.